The van der Waals surface area contributed by atoms with E-state index in [-0.39, 0.29) is 10.8 Å². The van der Waals surface area contributed by atoms with Gasteiger partial charge in [0.25, 0.3) is 5.91 Å². The van der Waals surface area contributed by atoms with Crippen LogP contribution in [0.2, 0.25) is 10.0 Å². The zero-order valence-corrected chi connectivity index (χ0v) is 17.7. The Morgan fingerprint density at radius 2 is 1.86 bits per heavy atom. The number of halogens is 2. The van der Waals surface area contributed by atoms with Crippen molar-refractivity contribution in [1.82, 2.24) is 9.97 Å². The van der Waals surface area contributed by atoms with Crippen molar-refractivity contribution in [3.05, 3.63) is 62.9 Å². The van der Waals surface area contributed by atoms with Crippen molar-refractivity contribution in [2.75, 3.05) is 11.9 Å². The van der Waals surface area contributed by atoms with E-state index in [0.29, 0.717) is 33.5 Å². The van der Waals surface area contributed by atoms with Crippen LogP contribution in [0.1, 0.15) is 34.1 Å². The predicted molar refractivity (Wildman–Crippen MR) is 114 cm³/mol. The van der Waals surface area contributed by atoms with Gasteiger partial charge in [-0.3, -0.25) is 9.78 Å². The molecule has 2 aromatic heterocycles. The first-order chi connectivity index (χ1) is 13.8. The maximum atomic E-state index is 12.8. The molecule has 0 unspecified atom stereocenters. The summed E-state index contributed by atoms with van der Waals surface area (Å²) in [5.41, 5.74) is 3.28. The monoisotopic (exact) mass is 431 g/mol. The smallest absolute Gasteiger partial charge is 0.339 e. The van der Waals surface area contributed by atoms with E-state index < -0.39 is 18.5 Å². The number of hydrogen-bond acceptors (Lipinski definition) is 5. The molecule has 0 aliphatic heterocycles. The molecule has 0 fully saturated rings. The number of aryl methyl sites for hydroxylation is 1. The average Bonchev–Trinajstić information content (AvgIpc) is 2.72. The van der Waals surface area contributed by atoms with Crippen LogP contribution in [0.25, 0.3) is 10.9 Å². The molecule has 0 bridgehead atoms. The number of hydrogen-bond donors (Lipinski definition) is 1. The molecule has 0 spiro atoms. The summed E-state index contributed by atoms with van der Waals surface area (Å²) in [7, 11) is 0. The van der Waals surface area contributed by atoms with Gasteiger partial charge in [-0.1, -0.05) is 48.3 Å². The molecule has 6 nitrogen and oxygen atoms in total. The first kappa shape index (κ1) is 21.0. The third-order valence-corrected chi connectivity index (χ3v) is 5.41. The Hall–Kier alpha value is -2.70. The maximum Gasteiger partial charge on any atom is 0.339 e. The minimum absolute atomic E-state index is 0.161. The number of carbonyl (C=O) groups is 2. The number of benzene rings is 1. The zero-order valence-electron chi connectivity index (χ0n) is 16.2. The summed E-state index contributed by atoms with van der Waals surface area (Å²) >= 11 is 12.1. The fraction of sp³-hybridized carbons (Fsp3) is 0.238. The van der Waals surface area contributed by atoms with Crippen LogP contribution in [-0.2, 0) is 16.0 Å². The molecule has 0 atom stereocenters. The standard InChI is InChI=1S/C21H19Cl2N3O3/c1-4-15-12(3)18(13-7-5-6-8-16(13)25-15)21(28)29-10-17(27)26-20-19(23)11(2)14(22)9-24-20/h5-9H,4,10H2,1-3H3,(H,24,26,27). The van der Waals surface area contributed by atoms with E-state index in [1.807, 2.05) is 38.1 Å². The minimum Gasteiger partial charge on any atom is -0.452 e. The van der Waals surface area contributed by atoms with Crippen molar-refractivity contribution in [3.63, 3.8) is 0 Å². The Morgan fingerprint density at radius 3 is 2.59 bits per heavy atom. The Labute approximate surface area is 178 Å². The number of para-hydroxylation sites is 1. The second kappa shape index (κ2) is 8.76. The molecule has 1 amide bonds. The van der Waals surface area contributed by atoms with Crippen LogP contribution in [0.4, 0.5) is 5.82 Å². The summed E-state index contributed by atoms with van der Waals surface area (Å²) in [6, 6.07) is 7.34. The normalized spacial score (nSPS) is 10.8. The fourth-order valence-electron chi connectivity index (χ4n) is 2.98. The van der Waals surface area contributed by atoms with Crippen LogP contribution in [0.15, 0.2) is 30.5 Å². The number of nitrogens with one attached hydrogen (secondary N) is 1. The first-order valence-corrected chi connectivity index (χ1v) is 9.74. The highest BCUT2D eigenvalue weighted by atomic mass is 35.5. The van der Waals surface area contributed by atoms with E-state index in [9.17, 15) is 9.59 Å². The lowest BCUT2D eigenvalue weighted by Crippen LogP contribution is -2.22. The molecule has 2 heterocycles. The molecule has 8 heteroatoms. The number of carbonyl (C=O) groups excluding carboxylic acids is 2. The highest BCUT2D eigenvalue weighted by Gasteiger charge is 2.20. The van der Waals surface area contributed by atoms with Crippen molar-refractivity contribution in [2.45, 2.75) is 27.2 Å². The number of ether oxygens (including phenoxy) is 1. The molecule has 3 rings (SSSR count). The van der Waals surface area contributed by atoms with Crippen molar-refractivity contribution >= 4 is 51.8 Å². The number of pyridine rings is 2. The fourth-order valence-corrected chi connectivity index (χ4v) is 3.37. The van der Waals surface area contributed by atoms with Gasteiger partial charge in [0, 0.05) is 17.3 Å². The molecule has 0 aliphatic carbocycles. The van der Waals surface area contributed by atoms with Gasteiger partial charge in [-0.2, -0.15) is 0 Å². The topological polar surface area (TPSA) is 81.2 Å². The number of esters is 1. The van der Waals surface area contributed by atoms with Crippen LogP contribution in [0.5, 0.6) is 0 Å². The van der Waals surface area contributed by atoms with Gasteiger partial charge < -0.3 is 10.1 Å². The quantitative estimate of drug-likeness (QED) is 0.580. The molecule has 29 heavy (non-hydrogen) atoms. The van der Waals surface area contributed by atoms with Crippen molar-refractivity contribution in [3.8, 4) is 0 Å². The van der Waals surface area contributed by atoms with Crippen LogP contribution < -0.4 is 5.32 Å². The summed E-state index contributed by atoms with van der Waals surface area (Å²) in [6.45, 7) is 5.04. The zero-order chi connectivity index (χ0) is 21.1. The highest BCUT2D eigenvalue weighted by molar-refractivity contribution is 6.37. The van der Waals surface area contributed by atoms with Crippen LogP contribution >= 0.6 is 23.2 Å². The number of nitrogens with zero attached hydrogens (tertiary/aromatic N) is 2. The van der Waals surface area contributed by atoms with Gasteiger partial charge in [0.05, 0.1) is 21.1 Å². The molecule has 0 aliphatic rings. The largest absolute Gasteiger partial charge is 0.452 e. The Morgan fingerprint density at radius 1 is 1.14 bits per heavy atom. The van der Waals surface area contributed by atoms with Gasteiger partial charge in [-0.05, 0) is 37.5 Å². The SMILES string of the molecule is CCc1nc2ccccc2c(C(=O)OCC(=O)Nc2ncc(Cl)c(C)c2Cl)c1C. The summed E-state index contributed by atoms with van der Waals surface area (Å²) in [5, 5.41) is 3.85. The van der Waals surface area contributed by atoms with Gasteiger partial charge in [0.15, 0.2) is 12.4 Å². The molecular weight excluding hydrogens is 413 g/mol. The van der Waals surface area contributed by atoms with Crippen molar-refractivity contribution < 1.29 is 14.3 Å². The van der Waals surface area contributed by atoms with Crippen LogP contribution in [0, 0.1) is 13.8 Å². The second-order valence-electron chi connectivity index (χ2n) is 6.45. The number of fused-ring (bicyclic) bond motifs is 1. The lowest BCUT2D eigenvalue weighted by atomic mass is 10.0. The summed E-state index contributed by atoms with van der Waals surface area (Å²) in [4.78, 5) is 33.6. The highest BCUT2D eigenvalue weighted by Crippen LogP contribution is 2.28. The van der Waals surface area contributed by atoms with E-state index in [0.717, 1.165) is 11.3 Å². The van der Waals surface area contributed by atoms with E-state index >= 15 is 0 Å². The lowest BCUT2D eigenvalue weighted by molar-refractivity contribution is -0.119. The van der Waals surface area contributed by atoms with Crippen molar-refractivity contribution in [1.29, 1.82) is 0 Å². The van der Waals surface area contributed by atoms with Gasteiger partial charge in [0.2, 0.25) is 0 Å². The predicted octanol–water partition coefficient (Wildman–Crippen LogP) is 4.91. The number of aromatic nitrogens is 2. The molecular formula is C21H19Cl2N3O3. The van der Waals surface area contributed by atoms with Crippen LogP contribution in [0.3, 0.4) is 0 Å². The van der Waals surface area contributed by atoms with Gasteiger partial charge in [-0.25, -0.2) is 9.78 Å². The van der Waals surface area contributed by atoms with E-state index in [4.69, 9.17) is 27.9 Å². The third kappa shape index (κ3) is 4.33. The van der Waals surface area contributed by atoms with Crippen LogP contribution in [-0.4, -0.2) is 28.5 Å². The molecule has 1 aromatic carbocycles. The summed E-state index contributed by atoms with van der Waals surface area (Å²) in [6.07, 6.45) is 2.07. The Bertz CT molecular complexity index is 1120. The van der Waals surface area contributed by atoms with Gasteiger partial charge in [-0.15, -0.1) is 0 Å². The van der Waals surface area contributed by atoms with Crippen molar-refractivity contribution in [2.24, 2.45) is 0 Å². The molecule has 3 aromatic rings. The maximum absolute atomic E-state index is 12.8. The first-order valence-electron chi connectivity index (χ1n) is 8.99. The van der Waals surface area contributed by atoms with E-state index in [1.54, 1.807) is 6.92 Å². The van der Waals surface area contributed by atoms with Gasteiger partial charge >= 0.3 is 5.97 Å². The number of rotatable bonds is 5. The summed E-state index contributed by atoms with van der Waals surface area (Å²) < 4.78 is 5.27. The van der Waals surface area contributed by atoms with E-state index in [2.05, 4.69) is 15.3 Å². The molecule has 1 N–H and O–H groups in total. The Kier molecular flexibility index (Phi) is 6.35. The number of anilines is 1. The Balaban J connectivity index is 1.78. The molecule has 0 radical (unpaired) electrons. The average molecular weight is 432 g/mol. The number of amides is 1. The molecule has 0 saturated carbocycles. The van der Waals surface area contributed by atoms with Gasteiger partial charge in [0.1, 0.15) is 0 Å². The lowest BCUT2D eigenvalue weighted by Gasteiger charge is -2.13. The second-order valence-corrected chi connectivity index (χ2v) is 7.23. The molecule has 150 valence electrons. The summed E-state index contributed by atoms with van der Waals surface area (Å²) in [5.74, 6) is -0.980. The third-order valence-electron chi connectivity index (χ3n) is 4.57. The van der Waals surface area contributed by atoms with E-state index in [1.165, 1.54) is 6.20 Å². The minimum atomic E-state index is -0.586. The molecule has 0 saturated heterocycles.